The molecule has 0 bridgehead atoms. The highest BCUT2D eigenvalue weighted by Gasteiger charge is 2.25. The van der Waals surface area contributed by atoms with Gasteiger partial charge >= 0.3 is 5.97 Å². The maximum Gasteiger partial charge on any atom is 0.308 e. The molecule has 1 heterocycles. The molecule has 0 aliphatic heterocycles. The number of nitrogens with zero attached hydrogens (tertiary/aromatic N) is 4. The van der Waals surface area contributed by atoms with Crippen molar-refractivity contribution in [2.45, 2.75) is 51.6 Å². The van der Waals surface area contributed by atoms with E-state index in [4.69, 9.17) is 4.74 Å². The van der Waals surface area contributed by atoms with Crippen LogP contribution in [0.15, 0.2) is 29.1 Å². The molecular weight excluding hydrogens is 360 g/mol. The first kappa shape index (κ1) is 20.0. The summed E-state index contributed by atoms with van der Waals surface area (Å²) in [4.78, 5) is 38.3. The Bertz CT molecular complexity index is 902. The van der Waals surface area contributed by atoms with Crippen LogP contribution in [-0.4, -0.2) is 51.5 Å². The third-order valence-corrected chi connectivity index (χ3v) is 5.44. The first-order valence-corrected chi connectivity index (χ1v) is 9.69. The van der Waals surface area contributed by atoms with Gasteiger partial charge in [0.05, 0.1) is 18.4 Å². The Morgan fingerprint density at radius 2 is 1.93 bits per heavy atom. The number of hydrogen-bond donors (Lipinski definition) is 0. The van der Waals surface area contributed by atoms with E-state index in [0.717, 1.165) is 30.4 Å². The van der Waals surface area contributed by atoms with E-state index in [9.17, 15) is 14.4 Å². The number of rotatable bonds is 6. The van der Waals surface area contributed by atoms with Crippen molar-refractivity contribution < 1.29 is 14.3 Å². The Labute approximate surface area is 163 Å². The quantitative estimate of drug-likeness (QED) is 0.702. The van der Waals surface area contributed by atoms with Crippen molar-refractivity contribution in [1.82, 2.24) is 19.9 Å². The van der Waals surface area contributed by atoms with Crippen molar-refractivity contribution in [2.75, 3.05) is 13.7 Å². The second-order valence-electron chi connectivity index (χ2n) is 7.46. The van der Waals surface area contributed by atoms with Crippen LogP contribution in [-0.2, 0) is 20.9 Å². The summed E-state index contributed by atoms with van der Waals surface area (Å²) in [6.45, 7) is 2.00. The van der Waals surface area contributed by atoms with Gasteiger partial charge < -0.3 is 9.64 Å². The summed E-state index contributed by atoms with van der Waals surface area (Å²) in [5, 5.41) is 8.26. The summed E-state index contributed by atoms with van der Waals surface area (Å²) in [5.74, 6) is -0.0318. The molecule has 8 nitrogen and oxygen atoms in total. The fourth-order valence-corrected chi connectivity index (χ4v) is 3.52. The zero-order valence-corrected chi connectivity index (χ0v) is 16.3. The first-order valence-electron chi connectivity index (χ1n) is 9.69. The fourth-order valence-electron chi connectivity index (χ4n) is 3.52. The SMILES string of the molecule is CC1CCC(N(C)C(=O)COC(=O)CCn2nnc3ccccc3c2=O)CC1. The highest BCUT2D eigenvalue weighted by Crippen LogP contribution is 2.26. The lowest BCUT2D eigenvalue weighted by atomic mass is 9.87. The predicted octanol–water partition coefficient (Wildman–Crippen LogP) is 1.76. The summed E-state index contributed by atoms with van der Waals surface area (Å²) in [6.07, 6.45) is 4.15. The van der Waals surface area contributed by atoms with E-state index in [2.05, 4.69) is 17.2 Å². The second-order valence-corrected chi connectivity index (χ2v) is 7.46. The number of carbonyl (C=O) groups is 2. The highest BCUT2D eigenvalue weighted by atomic mass is 16.5. The highest BCUT2D eigenvalue weighted by molar-refractivity contribution is 5.80. The van der Waals surface area contributed by atoms with Crippen molar-refractivity contribution in [2.24, 2.45) is 5.92 Å². The maximum absolute atomic E-state index is 12.3. The van der Waals surface area contributed by atoms with Crippen LogP contribution in [0.1, 0.15) is 39.0 Å². The molecule has 28 heavy (non-hydrogen) atoms. The van der Waals surface area contributed by atoms with Crippen LogP contribution in [0, 0.1) is 5.92 Å². The van der Waals surface area contributed by atoms with Crippen LogP contribution < -0.4 is 5.56 Å². The third-order valence-electron chi connectivity index (χ3n) is 5.44. The van der Waals surface area contributed by atoms with Crippen LogP contribution in [0.3, 0.4) is 0 Å². The van der Waals surface area contributed by atoms with Crippen molar-refractivity contribution in [3.05, 3.63) is 34.6 Å². The summed E-state index contributed by atoms with van der Waals surface area (Å²) >= 11 is 0. The molecule has 1 amide bonds. The molecular formula is C20H26N4O4. The number of ether oxygens (including phenoxy) is 1. The standard InChI is InChI=1S/C20H26N4O4/c1-14-7-9-15(10-8-14)23(2)18(25)13-28-19(26)11-12-24-20(27)16-5-3-4-6-17(16)21-22-24/h3-6,14-15H,7-13H2,1-2H3. The zero-order chi connectivity index (χ0) is 20.1. The molecule has 1 saturated carbocycles. The number of aromatic nitrogens is 3. The van der Waals surface area contributed by atoms with Crippen LogP contribution >= 0.6 is 0 Å². The van der Waals surface area contributed by atoms with Gasteiger partial charge in [-0.2, -0.15) is 0 Å². The Kier molecular flexibility index (Phi) is 6.38. The van der Waals surface area contributed by atoms with Crippen LogP contribution in [0.25, 0.3) is 10.9 Å². The molecule has 0 radical (unpaired) electrons. The minimum Gasteiger partial charge on any atom is -0.456 e. The zero-order valence-electron chi connectivity index (χ0n) is 16.3. The van der Waals surface area contributed by atoms with Gasteiger partial charge in [-0.1, -0.05) is 24.3 Å². The summed E-state index contributed by atoms with van der Waals surface area (Å²) in [5.41, 5.74) is 0.206. The van der Waals surface area contributed by atoms with Gasteiger partial charge in [0.15, 0.2) is 6.61 Å². The minimum absolute atomic E-state index is 0.0507. The van der Waals surface area contributed by atoms with Gasteiger partial charge in [-0.15, -0.1) is 5.10 Å². The van der Waals surface area contributed by atoms with E-state index in [1.54, 1.807) is 36.2 Å². The average molecular weight is 386 g/mol. The largest absolute Gasteiger partial charge is 0.456 e. The van der Waals surface area contributed by atoms with Crippen LogP contribution in [0.4, 0.5) is 0 Å². The maximum atomic E-state index is 12.3. The second kappa shape index (κ2) is 8.95. The molecule has 0 spiro atoms. The topological polar surface area (TPSA) is 94.4 Å². The van der Waals surface area contributed by atoms with E-state index < -0.39 is 5.97 Å². The van der Waals surface area contributed by atoms with E-state index in [-0.39, 0.29) is 37.1 Å². The monoisotopic (exact) mass is 386 g/mol. The van der Waals surface area contributed by atoms with Gasteiger partial charge in [0.1, 0.15) is 5.52 Å². The average Bonchev–Trinajstić information content (AvgIpc) is 2.71. The van der Waals surface area contributed by atoms with Gasteiger partial charge in [0.2, 0.25) is 0 Å². The van der Waals surface area contributed by atoms with Gasteiger partial charge in [-0.05, 0) is 43.7 Å². The Morgan fingerprint density at radius 1 is 1.21 bits per heavy atom. The summed E-state index contributed by atoms with van der Waals surface area (Å²) in [7, 11) is 1.76. The molecule has 1 aliphatic carbocycles. The van der Waals surface area contributed by atoms with E-state index >= 15 is 0 Å². The lowest BCUT2D eigenvalue weighted by molar-refractivity contribution is -0.152. The first-order chi connectivity index (χ1) is 13.5. The number of fused-ring (bicyclic) bond motifs is 1. The third kappa shape index (κ3) is 4.74. The molecule has 1 aromatic heterocycles. The predicted molar refractivity (Wildman–Crippen MR) is 104 cm³/mol. The molecule has 0 saturated heterocycles. The molecule has 1 aromatic carbocycles. The number of benzene rings is 1. The summed E-state index contributed by atoms with van der Waals surface area (Å²) < 4.78 is 6.23. The Balaban J connectivity index is 1.47. The molecule has 0 unspecified atom stereocenters. The smallest absolute Gasteiger partial charge is 0.308 e. The minimum atomic E-state index is -0.541. The number of aryl methyl sites for hydroxylation is 1. The van der Waals surface area contributed by atoms with E-state index in [1.165, 1.54) is 0 Å². The van der Waals surface area contributed by atoms with Gasteiger partial charge in [0.25, 0.3) is 11.5 Å². The van der Waals surface area contributed by atoms with Gasteiger partial charge in [0, 0.05) is 13.1 Å². The van der Waals surface area contributed by atoms with Crippen molar-refractivity contribution in [1.29, 1.82) is 0 Å². The Hall–Kier alpha value is -2.77. The molecule has 150 valence electrons. The van der Waals surface area contributed by atoms with Crippen molar-refractivity contribution in [3.63, 3.8) is 0 Å². The molecule has 0 atom stereocenters. The normalized spacial score (nSPS) is 19.4. The van der Waals surface area contributed by atoms with Gasteiger partial charge in [-0.25, -0.2) is 4.68 Å². The van der Waals surface area contributed by atoms with Gasteiger partial charge in [-0.3, -0.25) is 14.4 Å². The molecule has 1 aliphatic rings. The number of esters is 1. The number of hydrogen-bond acceptors (Lipinski definition) is 6. The van der Waals surface area contributed by atoms with Crippen molar-refractivity contribution >= 4 is 22.8 Å². The van der Waals surface area contributed by atoms with Crippen LogP contribution in [0.5, 0.6) is 0 Å². The Morgan fingerprint density at radius 3 is 2.68 bits per heavy atom. The number of amides is 1. The fraction of sp³-hybridized carbons (Fsp3) is 0.550. The summed E-state index contributed by atoms with van der Waals surface area (Å²) in [6, 6.07) is 7.12. The molecule has 8 heteroatoms. The van der Waals surface area contributed by atoms with E-state index in [0.29, 0.717) is 16.8 Å². The lowest BCUT2D eigenvalue weighted by Crippen LogP contribution is -2.41. The van der Waals surface area contributed by atoms with Crippen LogP contribution in [0.2, 0.25) is 0 Å². The van der Waals surface area contributed by atoms with E-state index in [1.807, 2.05) is 0 Å². The molecule has 0 N–H and O–H groups in total. The lowest BCUT2D eigenvalue weighted by Gasteiger charge is -2.33. The van der Waals surface area contributed by atoms with Crippen molar-refractivity contribution in [3.8, 4) is 0 Å². The molecule has 1 fully saturated rings. The number of carbonyl (C=O) groups excluding carboxylic acids is 2. The molecule has 2 aromatic rings. The molecule has 3 rings (SSSR count). The number of likely N-dealkylation sites (N-methyl/N-ethyl adjacent to an activating group) is 1.